The first-order valence-electron chi connectivity index (χ1n) is 6.71. The molecule has 0 saturated carbocycles. The Balaban J connectivity index is 1.73. The molecule has 0 atom stereocenters. The average molecular weight is 334 g/mol. The number of carbonyl (C=O) groups is 1. The van der Waals surface area contributed by atoms with Crippen LogP contribution in [0.2, 0.25) is 0 Å². The summed E-state index contributed by atoms with van der Waals surface area (Å²) in [5, 5.41) is 8.39. The largest absolute Gasteiger partial charge is 0.573 e. The molecule has 0 aliphatic carbocycles. The van der Waals surface area contributed by atoms with Crippen molar-refractivity contribution in [3.8, 4) is 11.5 Å². The molecule has 3 aromatic rings. The number of carbonyl (C=O) groups excluding carboxylic acids is 1. The molecule has 0 aliphatic heterocycles. The number of fused-ring (bicyclic) bond motifs is 1. The molecule has 1 aromatic heterocycles. The van der Waals surface area contributed by atoms with Crippen molar-refractivity contribution in [2.75, 3.05) is 0 Å². The van der Waals surface area contributed by atoms with Gasteiger partial charge in [0.2, 0.25) is 0 Å². The second-order valence-electron chi connectivity index (χ2n) is 4.70. The summed E-state index contributed by atoms with van der Waals surface area (Å²) in [4.78, 5) is 12.0. The van der Waals surface area contributed by atoms with Crippen LogP contribution in [0.4, 0.5) is 13.2 Å². The van der Waals surface area contributed by atoms with E-state index in [1.165, 1.54) is 18.2 Å². The lowest BCUT2D eigenvalue weighted by molar-refractivity contribution is -0.274. The van der Waals surface area contributed by atoms with Crippen molar-refractivity contribution in [2.24, 2.45) is 0 Å². The van der Waals surface area contributed by atoms with Gasteiger partial charge in [0.1, 0.15) is 11.5 Å². The van der Waals surface area contributed by atoms with Crippen LogP contribution in [0.1, 0.15) is 10.5 Å². The van der Waals surface area contributed by atoms with Gasteiger partial charge in [-0.3, -0.25) is 0 Å². The van der Waals surface area contributed by atoms with Gasteiger partial charge in [-0.25, -0.2) is 4.79 Å². The molecule has 0 unspecified atom stereocenters. The van der Waals surface area contributed by atoms with Crippen molar-refractivity contribution in [1.82, 2.24) is 10.2 Å². The molecular weight excluding hydrogens is 325 g/mol. The minimum Gasteiger partial charge on any atom is -0.422 e. The van der Waals surface area contributed by atoms with Crippen LogP contribution in [-0.4, -0.2) is 22.5 Å². The van der Waals surface area contributed by atoms with Crippen molar-refractivity contribution in [1.29, 1.82) is 0 Å². The Labute approximate surface area is 133 Å². The highest BCUT2D eigenvalue weighted by Crippen LogP contribution is 2.25. The molecular formula is C16H9F3N2O3. The van der Waals surface area contributed by atoms with E-state index in [2.05, 4.69) is 14.9 Å². The molecule has 0 N–H and O–H groups in total. The number of rotatable bonds is 3. The first-order valence-corrected chi connectivity index (χ1v) is 6.71. The Hall–Kier alpha value is -3.16. The van der Waals surface area contributed by atoms with E-state index < -0.39 is 18.1 Å². The fraction of sp³-hybridized carbons (Fsp3) is 0.0625. The van der Waals surface area contributed by atoms with Crippen molar-refractivity contribution in [3.05, 3.63) is 60.3 Å². The predicted molar refractivity (Wildman–Crippen MR) is 77.6 cm³/mol. The minimum atomic E-state index is -4.78. The SMILES string of the molecule is O=C(Oc1ccc(OC(F)(F)F)cc1)c1cc2ccccc2nn1. The molecule has 5 nitrogen and oxygen atoms in total. The molecule has 0 amide bonds. The van der Waals surface area contributed by atoms with E-state index in [4.69, 9.17) is 4.74 Å². The van der Waals surface area contributed by atoms with Gasteiger partial charge in [-0.15, -0.1) is 23.4 Å². The molecule has 0 saturated heterocycles. The summed E-state index contributed by atoms with van der Waals surface area (Å²) in [6.45, 7) is 0. The van der Waals surface area contributed by atoms with Crippen LogP contribution in [0, 0.1) is 0 Å². The van der Waals surface area contributed by atoms with Crippen LogP contribution in [-0.2, 0) is 0 Å². The van der Waals surface area contributed by atoms with Crippen molar-refractivity contribution in [2.45, 2.75) is 6.36 Å². The van der Waals surface area contributed by atoms with Crippen LogP contribution in [0.5, 0.6) is 11.5 Å². The van der Waals surface area contributed by atoms with Crippen LogP contribution in [0.15, 0.2) is 54.6 Å². The van der Waals surface area contributed by atoms with Gasteiger partial charge < -0.3 is 9.47 Å². The number of alkyl halides is 3. The maximum absolute atomic E-state index is 12.1. The fourth-order valence-corrected chi connectivity index (χ4v) is 1.95. The smallest absolute Gasteiger partial charge is 0.422 e. The van der Waals surface area contributed by atoms with Crippen molar-refractivity contribution >= 4 is 16.9 Å². The topological polar surface area (TPSA) is 61.3 Å². The van der Waals surface area contributed by atoms with E-state index in [0.29, 0.717) is 10.9 Å². The van der Waals surface area contributed by atoms with Crippen LogP contribution in [0.25, 0.3) is 10.9 Å². The molecule has 24 heavy (non-hydrogen) atoms. The standard InChI is InChI=1S/C16H9F3N2O3/c17-16(18,19)24-12-7-5-11(6-8-12)23-15(22)14-9-10-3-1-2-4-13(10)20-21-14/h1-9H. The molecule has 0 radical (unpaired) electrons. The number of hydrogen-bond acceptors (Lipinski definition) is 5. The van der Waals surface area contributed by atoms with Gasteiger partial charge in [-0.2, -0.15) is 0 Å². The van der Waals surface area contributed by atoms with Crippen LogP contribution >= 0.6 is 0 Å². The molecule has 0 bridgehead atoms. The van der Waals surface area contributed by atoms with Gasteiger partial charge in [0.05, 0.1) is 5.52 Å². The number of nitrogens with zero attached hydrogens (tertiary/aromatic N) is 2. The lowest BCUT2D eigenvalue weighted by Gasteiger charge is -2.09. The molecule has 122 valence electrons. The number of hydrogen-bond donors (Lipinski definition) is 0. The zero-order valence-corrected chi connectivity index (χ0v) is 11.9. The highest BCUT2D eigenvalue weighted by molar-refractivity contribution is 5.92. The fourth-order valence-electron chi connectivity index (χ4n) is 1.95. The van der Waals surface area contributed by atoms with E-state index >= 15 is 0 Å². The number of benzene rings is 2. The lowest BCUT2D eigenvalue weighted by Crippen LogP contribution is -2.17. The predicted octanol–water partition coefficient (Wildman–Crippen LogP) is 3.75. The Bertz CT molecular complexity index is 880. The summed E-state index contributed by atoms with van der Waals surface area (Å²) in [6, 6.07) is 13.1. The average Bonchev–Trinajstić information content (AvgIpc) is 2.55. The summed E-state index contributed by atoms with van der Waals surface area (Å²) >= 11 is 0. The number of ether oxygens (including phenoxy) is 2. The summed E-state index contributed by atoms with van der Waals surface area (Å²) in [6.07, 6.45) is -4.78. The third-order valence-corrected chi connectivity index (χ3v) is 2.97. The number of aromatic nitrogens is 2. The summed E-state index contributed by atoms with van der Waals surface area (Å²) in [5.74, 6) is -1.12. The van der Waals surface area contributed by atoms with Gasteiger partial charge in [0.15, 0.2) is 5.69 Å². The third kappa shape index (κ3) is 3.78. The molecule has 8 heteroatoms. The maximum atomic E-state index is 12.1. The first-order chi connectivity index (χ1) is 11.4. The van der Waals surface area contributed by atoms with E-state index in [-0.39, 0.29) is 11.4 Å². The molecule has 0 aliphatic rings. The van der Waals surface area contributed by atoms with Gasteiger partial charge in [-0.1, -0.05) is 18.2 Å². The summed E-state index contributed by atoms with van der Waals surface area (Å²) in [5.41, 5.74) is 0.618. The van der Waals surface area contributed by atoms with Gasteiger partial charge >= 0.3 is 12.3 Å². The van der Waals surface area contributed by atoms with E-state index in [1.807, 2.05) is 0 Å². The molecule has 0 spiro atoms. The summed E-state index contributed by atoms with van der Waals surface area (Å²) in [7, 11) is 0. The zero-order valence-electron chi connectivity index (χ0n) is 11.9. The number of halogens is 3. The maximum Gasteiger partial charge on any atom is 0.573 e. The Morgan fingerprint density at radius 2 is 1.58 bits per heavy atom. The second kappa shape index (κ2) is 6.15. The Morgan fingerprint density at radius 3 is 2.29 bits per heavy atom. The normalized spacial score (nSPS) is 11.3. The van der Waals surface area contributed by atoms with Gasteiger partial charge in [0.25, 0.3) is 0 Å². The Morgan fingerprint density at radius 1 is 0.917 bits per heavy atom. The van der Waals surface area contributed by atoms with Gasteiger partial charge in [-0.05, 0) is 36.4 Å². The van der Waals surface area contributed by atoms with Crippen LogP contribution < -0.4 is 9.47 Å². The zero-order chi connectivity index (χ0) is 17.2. The number of esters is 1. The van der Waals surface area contributed by atoms with E-state index in [9.17, 15) is 18.0 Å². The van der Waals surface area contributed by atoms with E-state index in [0.717, 1.165) is 12.1 Å². The third-order valence-electron chi connectivity index (χ3n) is 2.97. The minimum absolute atomic E-state index is 0.00989. The highest BCUT2D eigenvalue weighted by Gasteiger charge is 2.31. The van der Waals surface area contributed by atoms with E-state index in [1.54, 1.807) is 24.3 Å². The summed E-state index contributed by atoms with van der Waals surface area (Å²) < 4.78 is 45.0. The quantitative estimate of drug-likeness (QED) is 0.539. The molecule has 3 rings (SSSR count). The molecule has 0 fully saturated rings. The monoisotopic (exact) mass is 334 g/mol. The van der Waals surface area contributed by atoms with Crippen molar-refractivity contribution in [3.63, 3.8) is 0 Å². The first kappa shape index (κ1) is 15.7. The lowest BCUT2D eigenvalue weighted by atomic mass is 10.2. The van der Waals surface area contributed by atoms with Crippen LogP contribution in [0.3, 0.4) is 0 Å². The highest BCUT2D eigenvalue weighted by atomic mass is 19.4. The Kier molecular flexibility index (Phi) is 4.03. The van der Waals surface area contributed by atoms with Gasteiger partial charge in [0, 0.05) is 5.39 Å². The van der Waals surface area contributed by atoms with Crippen molar-refractivity contribution < 1.29 is 27.4 Å². The second-order valence-corrected chi connectivity index (χ2v) is 4.70. The molecule has 1 heterocycles. The molecule has 2 aromatic carbocycles.